The zero-order valence-corrected chi connectivity index (χ0v) is 18.2. The largest absolute Gasteiger partial charge is 0.338 e. The predicted octanol–water partition coefficient (Wildman–Crippen LogP) is 3.69. The molecule has 0 aromatic heterocycles. The van der Waals surface area contributed by atoms with Crippen molar-refractivity contribution in [1.82, 2.24) is 20.4 Å². The average Bonchev–Trinajstić information content (AvgIpc) is 2.80. The maximum Gasteiger partial charge on any atom is 0.315 e. The molecule has 2 N–H and O–H groups in total. The molecule has 2 aromatic rings. The minimum atomic E-state index is -0.0867. The first kappa shape index (κ1) is 22.3. The van der Waals surface area contributed by atoms with Crippen LogP contribution in [0.5, 0.6) is 0 Å². The molecule has 30 heavy (non-hydrogen) atoms. The third kappa shape index (κ3) is 7.47. The van der Waals surface area contributed by atoms with Crippen molar-refractivity contribution >= 4 is 6.03 Å². The molecule has 1 heterocycles. The summed E-state index contributed by atoms with van der Waals surface area (Å²) in [6, 6.07) is 20.4. The maximum atomic E-state index is 12.5. The number of nitrogens with zero attached hydrogens (tertiary/aromatic N) is 2. The van der Waals surface area contributed by atoms with Gasteiger partial charge in [-0.2, -0.15) is 0 Å². The lowest BCUT2D eigenvalue weighted by Crippen LogP contribution is -2.46. The molecule has 3 rings (SSSR count). The molecular formula is C25H36N4O. The van der Waals surface area contributed by atoms with Crippen molar-refractivity contribution in [2.75, 3.05) is 45.8 Å². The Morgan fingerprint density at radius 2 is 1.53 bits per heavy atom. The summed E-state index contributed by atoms with van der Waals surface area (Å²) in [5.41, 5.74) is 2.34. The van der Waals surface area contributed by atoms with E-state index in [1.165, 1.54) is 31.7 Å². The maximum absolute atomic E-state index is 12.5. The summed E-state index contributed by atoms with van der Waals surface area (Å²) in [6.45, 7) is 9.92. The Morgan fingerprint density at radius 1 is 0.900 bits per heavy atom. The highest BCUT2D eigenvalue weighted by Crippen LogP contribution is 2.18. The van der Waals surface area contributed by atoms with Crippen LogP contribution in [0.15, 0.2) is 60.7 Å². The van der Waals surface area contributed by atoms with Crippen molar-refractivity contribution in [3.8, 4) is 0 Å². The number of unbranched alkanes of at least 4 members (excludes halogenated alkanes) is 1. The van der Waals surface area contributed by atoms with Gasteiger partial charge in [0.15, 0.2) is 0 Å². The van der Waals surface area contributed by atoms with Crippen molar-refractivity contribution < 1.29 is 4.79 Å². The van der Waals surface area contributed by atoms with Crippen LogP contribution >= 0.6 is 0 Å². The molecule has 0 bridgehead atoms. The van der Waals surface area contributed by atoms with Gasteiger partial charge in [-0.1, -0.05) is 67.6 Å². The summed E-state index contributed by atoms with van der Waals surface area (Å²) in [7, 11) is 0. The second kappa shape index (κ2) is 12.4. The predicted molar refractivity (Wildman–Crippen MR) is 124 cm³/mol. The molecule has 1 unspecified atom stereocenters. The number of hydrogen-bond acceptors (Lipinski definition) is 3. The van der Waals surface area contributed by atoms with Crippen LogP contribution in [0.2, 0.25) is 0 Å². The molecule has 0 aliphatic carbocycles. The molecule has 1 aliphatic rings. The van der Waals surface area contributed by atoms with Gasteiger partial charge in [0.1, 0.15) is 0 Å². The second-order valence-electron chi connectivity index (χ2n) is 8.04. The van der Waals surface area contributed by atoms with Crippen LogP contribution in [0.4, 0.5) is 4.79 Å². The van der Waals surface area contributed by atoms with Crippen molar-refractivity contribution in [3.63, 3.8) is 0 Å². The lowest BCUT2D eigenvalue weighted by molar-refractivity contribution is 0.135. The van der Waals surface area contributed by atoms with Crippen molar-refractivity contribution in [1.29, 1.82) is 0 Å². The van der Waals surface area contributed by atoms with Gasteiger partial charge < -0.3 is 20.4 Å². The fourth-order valence-corrected chi connectivity index (χ4v) is 3.99. The Labute approximate surface area is 181 Å². The third-order valence-corrected chi connectivity index (χ3v) is 5.89. The van der Waals surface area contributed by atoms with Gasteiger partial charge in [-0.25, -0.2) is 4.79 Å². The van der Waals surface area contributed by atoms with Crippen LogP contribution in [-0.2, 0) is 6.42 Å². The van der Waals surface area contributed by atoms with E-state index in [1.54, 1.807) is 0 Å². The van der Waals surface area contributed by atoms with E-state index in [1.807, 2.05) is 36.4 Å². The number of benzene rings is 2. The molecule has 1 aliphatic heterocycles. The summed E-state index contributed by atoms with van der Waals surface area (Å²) in [5, 5.41) is 6.21. The Hall–Kier alpha value is -2.37. The molecule has 162 valence electrons. The van der Waals surface area contributed by atoms with Crippen LogP contribution in [-0.4, -0.2) is 61.6 Å². The van der Waals surface area contributed by atoms with E-state index >= 15 is 0 Å². The number of likely N-dealkylation sites (N-methyl/N-ethyl adjacent to an activating group) is 1. The smallest absolute Gasteiger partial charge is 0.315 e. The highest BCUT2D eigenvalue weighted by Gasteiger charge is 2.16. The highest BCUT2D eigenvalue weighted by atomic mass is 16.2. The monoisotopic (exact) mass is 408 g/mol. The fraction of sp³-hybridized carbons (Fsp3) is 0.480. The number of piperazine rings is 1. The van der Waals surface area contributed by atoms with Crippen LogP contribution in [0.1, 0.15) is 36.9 Å². The van der Waals surface area contributed by atoms with E-state index in [9.17, 15) is 4.79 Å². The Bertz CT molecular complexity index is 729. The first-order valence-electron chi connectivity index (χ1n) is 11.3. The molecule has 5 nitrogen and oxygen atoms in total. The molecular weight excluding hydrogens is 372 g/mol. The summed E-state index contributed by atoms with van der Waals surface area (Å²) in [4.78, 5) is 17.6. The molecule has 1 saturated heterocycles. The molecule has 2 amide bonds. The van der Waals surface area contributed by atoms with Gasteiger partial charge in [0.2, 0.25) is 0 Å². The minimum absolute atomic E-state index is 0.0385. The number of nitrogens with one attached hydrogen (secondary N) is 2. The summed E-state index contributed by atoms with van der Waals surface area (Å²) < 4.78 is 0. The molecule has 1 fully saturated rings. The molecule has 0 spiro atoms. The van der Waals surface area contributed by atoms with E-state index in [0.29, 0.717) is 6.54 Å². The molecule has 1 atom stereocenters. The Morgan fingerprint density at radius 3 is 2.20 bits per heavy atom. The van der Waals surface area contributed by atoms with Gasteiger partial charge in [-0.05, 0) is 43.5 Å². The standard InChI is InChI=1S/C25H36N4O/c1-2-28-17-19-29(20-18-28)16-10-9-15-26-25(30)27-24(23-13-7-4-8-14-23)21-22-11-5-3-6-12-22/h3-8,11-14,24H,2,9-10,15-21H2,1H3,(H2,26,27,30). The fourth-order valence-electron chi connectivity index (χ4n) is 3.99. The topological polar surface area (TPSA) is 47.6 Å². The Kier molecular flexibility index (Phi) is 9.19. The van der Waals surface area contributed by atoms with E-state index in [0.717, 1.165) is 37.9 Å². The first-order chi connectivity index (χ1) is 14.7. The highest BCUT2D eigenvalue weighted by molar-refractivity contribution is 5.74. The summed E-state index contributed by atoms with van der Waals surface area (Å²) in [5.74, 6) is 0. The minimum Gasteiger partial charge on any atom is -0.338 e. The zero-order chi connectivity index (χ0) is 21.0. The quantitative estimate of drug-likeness (QED) is 0.590. The van der Waals surface area contributed by atoms with Gasteiger partial charge in [-0.15, -0.1) is 0 Å². The van der Waals surface area contributed by atoms with Crippen molar-refractivity contribution in [2.24, 2.45) is 0 Å². The summed E-state index contributed by atoms with van der Waals surface area (Å²) in [6.07, 6.45) is 2.91. The second-order valence-corrected chi connectivity index (χ2v) is 8.04. The number of hydrogen-bond donors (Lipinski definition) is 2. The van der Waals surface area contributed by atoms with Crippen LogP contribution in [0, 0.1) is 0 Å². The number of carbonyl (C=O) groups is 1. The zero-order valence-electron chi connectivity index (χ0n) is 18.2. The van der Waals surface area contributed by atoms with Gasteiger partial charge in [0.25, 0.3) is 0 Å². The van der Waals surface area contributed by atoms with E-state index in [4.69, 9.17) is 0 Å². The summed E-state index contributed by atoms with van der Waals surface area (Å²) >= 11 is 0. The molecule has 2 aromatic carbocycles. The number of rotatable bonds is 10. The normalized spacial score (nSPS) is 16.2. The third-order valence-electron chi connectivity index (χ3n) is 5.89. The van der Waals surface area contributed by atoms with Crippen LogP contribution in [0.25, 0.3) is 0 Å². The first-order valence-corrected chi connectivity index (χ1v) is 11.3. The van der Waals surface area contributed by atoms with Gasteiger partial charge in [0, 0.05) is 32.7 Å². The SMILES string of the molecule is CCN1CCN(CCCCNC(=O)NC(Cc2ccccc2)c2ccccc2)CC1. The van der Waals surface area contributed by atoms with E-state index < -0.39 is 0 Å². The number of amides is 2. The van der Waals surface area contributed by atoms with Gasteiger partial charge >= 0.3 is 6.03 Å². The van der Waals surface area contributed by atoms with Crippen LogP contribution < -0.4 is 10.6 Å². The lowest BCUT2D eigenvalue weighted by atomic mass is 9.99. The molecule has 0 saturated carbocycles. The van der Waals surface area contributed by atoms with Gasteiger partial charge in [0.05, 0.1) is 6.04 Å². The number of urea groups is 1. The van der Waals surface area contributed by atoms with E-state index in [2.05, 4.69) is 51.6 Å². The van der Waals surface area contributed by atoms with Crippen molar-refractivity contribution in [2.45, 2.75) is 32.2 Å². The van der Waals surface area contributed by atoms with Gasteiger partial charge in [-0.3, -0.25) is 0 Å². The van der Waals surface area contributed by atoms with E-state index in [-0.39, 0.29) is 12.1 Å². The number of carbonyl (C=O) groups excluding carboxylic acids is 1. The lowest BCUT2D eigenvalue weighted by Gasteiger charge is -2.33. The Balaban J connectivity index is 1.39. The van der Waals surface area contributed by atoms with Crippen molar-refractivity contribution in [3.05, 3.63) is 71.8 Å². The molecule has 5 heteroatoms. The van der Waals surface area contributed by atoms with Crippen LogP contribution in [0.3, 0.4) is 0 Å². The molecule has 0 radical (unpaired) electrons. The average molecular weight is 409 g/mol.